The lowest BCUT2D eigenvalue weighted by molar-refractivity contribution is 0.141. The van der Waals surface area contributed by atoms with Crippen molar-refractivity contribution in [3.05, 3.63) is 24.8 Å². The summed E-state index contributed by atoms with van der Waals surface area (Å²) in [6.45, 7) is 6.23. The Balaban J connectivity index is 1.24. The van der Waals surface area contributed by atoms with E-state index in [1.165, 1.54) is 77.0 Å². The molecular formula is C29H50. The molecular weight excluding hydrogens is 348 g/mol. The van der Waals surface area contributed by atoms with Crippen molar-refractivity contribution in [2.75, 3.05) is 0 Å². The maximum Gasteiger partial charge on any atom is -0.0233 e. The summed E-state index contributed by atoms with van der Waals surface area (Å²) in [4.78, 5) is 0. The minimum Gasteiger partial charge on any atom is -0.103 e. The van der Waals surface area contributed by atoms with Crippen LogP contribution in [0.25, 0.3) is 0 Å². The second kappa shape index (κ2) is 13.0. The van der Waals surface area contributed by atoms with Crippen LogP contribution in [0.4, 0.5) is 0 Å². The quantitative estimate of drug-likeness (QED) is 0.321. The highest BCUT2D eigenvalue weighted by Gasteiger charge is 2.30. The van der Waals surface area contributed by atoms with Gasteiger partial charge in [0.1, 0.15) is 0 Å². The van der Waals surface area contributed by atoms with Crippen LogP contribution >= 0.6 is 0 Å². The van der Waals surface area contributed by atoms with Crippen molar-refractivity contribution in [2.45, 2.75) is 122 Å². The van der Waals surface area contributed by atoms with Crippen molar-refractivity contribution in [3.8, 4) is 0 Å². The standard InChI is InChI=1S/C29H50/c1-3-5-9-25-12-14-26(15-13-25)10-6-7-11-27-18-22-29(23-19-27)28-20-16-24(8-4-2)17-21-28/h3,6,10,24-29H,1,4-5,7-9,11-23H2,2H3/t24-,25-,26-,27-,28-,29-. The van der Waals surface area contributed by atoms with Gasteiger partial charge in [-0.05, 0) is 113 Å². The molecule has 0 spiro atoms. The Kier molecular flexibility index (Phi) is 10.4. The van der Waals surface area contributed by atoms with Gasteiger partial charge in [0.05, 0.1) is 0 Å². The zero-order chi connectivity index (χ0) is 20.3. The summed E-state index contributed by atoms with van der Waals surface area (Å²) in [6.07, 6.45) is 33.6. The number of hydrogen-bond donors (Lipinski definition) is 0. The molecule has 0 aromatic carbocycles. The van der Waals surface area contributed by atoms with Crippen molar-refractivity contribution in [1.82, 2.24) is 0 Å². The smallest absolute Gasteiger partial charge is 0.0233 e. The Hall–Kier alpha value is -0.520. The highest BCUT2D eigenvalue weighted by molar-refractivity contribution is 4.92. The summed E-state index contributed by atoms with van der Waals surface area (Å²) in [5.74, 6) is 6.14. The summed E-state index contributed by atoms with van der Waals surface area (Å²) in [6, 6.07) is 0. The highest BCUT2D eigenvalue weighted by Crippen LogP contribution is 2.43. The van der Waals surface area contributed by atoms with Crippen molar-refractivity contribution in [3.63, 3.8) is 0 Å². The van der Waals surface area contributed by atoms with Gasteiger partial charge in [-0.2, -0.15) is 0 Å². The first-order chi connectivity index (χ1) is 14.3. The molecule has 166 valence electrons. The van der Waals surface area contributed by atoms with Crippen LogP contribution in [0.15, 0.2) is 24.8 Å². The highest BCUT2D eigenvalue weighted by atomic mass is 14.4. The molecule has 0 bridgehead atoms. The summed E-state index contributed by atoms with van der Waals surface area (Å²) in [5, 5.41) is 0. The Morgan fingerprint density at radius 3 is 1.62 bits per heavy atom. The lowest BCUT2D eigenvalue weighted by atomic mass is 9.68. The van der Waals surface area contributed by atoms with E-state index in [1.807, 2.05) is 0 Å². The lowest BCUT2D eigenvalue weighted by Crippen LogP contribution is -2.25. The third-order valence-corrected chi connectivity index (χ3v) is 8.97. The molecule has 0 amide bonds. The molecule has 29 heavy (non-hydrogen) atoms. The first-order valence-corrected chi connectivity index (χ1v) is 13.6. The lowest BCUT2D eigenvalue weighted by Gasteiger charge is -2.38. The average Bonchev–Trinajstić information content (AvgIpc) is 2.77. The SMILES string of the molecule is C=CCC[C@H]1CC[C@H](C=CCC[C@H]2CC[C@H]([C@H]3CC[C@H](CCC)CC3)CC2)CC1. The second-order valence-corrected chi connectivity index (χ2v) is 11.0. The Labute approximate surface area is 183 Å². The largest absolute Gasteiger partial charge is 0.103 e. The number of rotatable bonds is 10. The van der Waals surface area contributed by atoms with Gasteiger partial charge in [-0.15, -0.1) is 6.58 Å². The van der Waals surface area contributed by atoms with Crippen LogP contribution in [-0.4, -0.2) is 0 Å². The molecule has 3 rings (SSSR count). The van der Waals surface area contributed by atoms with Crippen molar-refractivity contribution >= 4 is 0 Å². The zero-order valence-electron chi connectivity index (χ0n) is 19.6. The van der Waals surface area contributed by atoms with Gasteiger partial charge in [0.2, 0.25) is 0 Å². The Morgan fingerprint density at radius 2 is 1.10 bits per heavy atom. The average molecular weight is 399 g/mol. The molecule has 3 saturated carbocycles. The minimum absolute atomic E-state index is 0.883. The van der Waals surface area contributed by atoms with Crippen LogP contribution in [0.3, 0.4) is 0 Å². The maximum absolute atomic E-state index is 3.87. The van der Waals surface area contributed by atoms with E-state index in [2.05, 4.69) is 31.7 Å². The summed E-state index contributed by atoms with van der Waals surface area (Å²) >= 11 is 0. The van der Waals surface area contributed by atoms with Gasteiger partial charge >= 0.3 is 0 Å². The summed E-state index contributed by atoms with van der Waals surface area (Å²) in [7, 11) is 0. The van der Waals surface area contributed by atoms with Crippen LogP contribution in [-0.2, 0) is 0 Å². The third-order valence-electron chi connectivity index (χ3n) is 8.97. The molecule has 3 fully saturated rings. The Bertz CT molecular complexity index is 450. The fraction of sp³-hybridized carbons (Fsp3) is 0.862. The normalized spacial score (nSPS) is 36.3. The maximum atomic E-state index is 3.87. The van der Waals surface area contributed by atoms with Crippen molar-refractivity contribution in [1.29, 1.82) is 0 Å². The van der Waals surface area contributed by atoms with Crippen LogP contribution in [0.5, 0.6) is 0 Å². The van der Waals surface area contributed by atoms with E-state index in [4.69, 9.17) is 0 Å². The minimum atomic E-state index is 0.883. The van der Waals surface area contributed by atoms with Crippen LogP contribution < -0.4 is 0 Å². The molecule has 0 aliphatic heterocycles. The van der Waals surface area contributed by atoms with Crippen LogP contribution in [0.1, 0.15) is 122 Å². The number of hydrogen-bond acceptors (Lipinski definition) is 0. The summed E-state index contributed by atoms with van der Waals surface area (Å²) < 4.78 is 0. The van der Waals surface area contributed by atoms with Gasteiger partial charge in [0, 0.05) is 0 Å². The van der Waals surface area contributed by atoms with E-state index in [0.717, 1.165) is 35.5 Å². The molecule has 0 atom stereocenters. The third kappa shape index (κ3) is 7.91. The molecule has 0 nitrogen and oxygen atoms in total. The summed E-state index contributed by atoms with van der Waals surface area (Å²) in [5.41, 5.74) is 0. The van der Waals surface area contributed by atoms with E-state index < -0.39 is 0 Å². The van der Waals surface area contributed by atoms with Gasteiger partial charge in [0.15, 0.2) is 0 Å². The van der Waals surface area contributed by atoms with Gasteiger partial charge in [-0.25, -0.2) is 0 Å². The van der Waals surface area contributed by atoms with Gasteiger partial charge < -0.3 is 0 Å². The second-order valence-electron chi connectivity index (χ2n) is 11.0. The van der Waals surface area contributed by atoms with Gasteiger partial charge in [-0.1, -0.05) is 63.7 Å². The molecule has 3 aliphatic carbocycles. The van der Waals surface area contributed by atoms with Gasteiger partial charge in [0.25, 0.3) is 0 Å². The first-order valence-electron chi connectivity index (χ1n) is 13.6. The molecule has 0 saturated heterocycles. The van der Waals surface area contributed by atoms with E-state index in [0.29, 0.717) is 0 Å². The first kappa shape index (κ1) is 23.1. The molecule has 0 N–H and O–H groups in total. The molecule has 0 radical (unpaired) electrons. The van der Waals surface area contributed by atoms with E-state index >= 15 is 0 Å². The van der Waals surface area contributed by atoms with Crippen molar-refractivity contribution < 1.29 is 0 Å². The van der Waals surface area contributed by atoms with E-state index in [9.17, 15) is 0 Å². The fourth-order valence-corrected chi connectivity index (χ4v) is 6.95. The topological polar surface area (TPSA) is 0 Å². The zero-order valence-corrected chi connectivity index (χ0v) is 19.6. The molecule has 3 aliphatic rings. The predicted octanol–water partition coefficient (Wildman–Crippen LogP) is 9.51. The van der Waals surface area contributed by atoms with Gasteiger partial charge in [-0.3, -0.25) is 0 Å². The number of allylic oxidation sites excluding steroid dienone is 3. The molecule has 0 unspecified atom stereocenters. The van der Waals surface area contributed by atoms with Crippen LogP contribution in [0, 0.1) is 35.5 Å². The van der Waals surface area contributed by atoms with Crippen molar-refractivity contribution in [2.24, 2.45) is 35.5 Å². The monoisotopic (exact) mass is 398 g/mol. The van der Waals surface area contributed by atoms with E-state index in [-0.39, 0.29) is 0 Å². The molecule has 0 heteroatoms. The predicted molar refractivity (Wildman–Crippen MR) is 129 cm³/mol. The molecule has 0 aromatic heterocycles. The molecule has 0 heterocycles. The van der Waals surface area contributed by atoms with Crippen LogP contribution in [0.2, 0.25) is 0 Å². The fourth-order valence-electron chi connectivity index (χ4n) is 6.95. The Morgan fingerprint density at radius 1 is 0.621 bits per heavy atom. The van der Waals surface area contributed by atoms with E-state index in [1.54, 1.807) is 38.5 Å². The molecule has 0 aromatic rings.